The molecular formula is C13H22N6. The predicted octanol–water partition coefficient (Wildman–Crippen LogP) is 0.539. The van der Waals surface area contributed by atoms with Crippen LogP contribution in [-0.4, -0.2) is 37.6 Å². The Morgan fingerprint density at radius 2 is 1.95 bits per heavy atom. The van der Waals surface area contributed by atoms with Crippen molar-refractivity contribution in [2.24, 2.45) is 14.1 Å². The Morgan fingerprint density at radius 3 is 2.42 bits per heavy atom. The van der Waals surface area contributed by atoms with Gasteiger partial charge in [-0.3, -0.25) is 9.36 Å². The molecule has 19 heavy (non-hydrogen) atoms. The number of rotatable bonds is 5. The molecule has 104 valence electrons. The highest BCUT2D eigenvalue weighted by Gasteiger charge is 2.17. The molecule has 2 aromatic rings. The van der Waals surface area contributed by atoms with Crippen molar-refractivity contribution in [3.8, 4) is 0 Å². The van der Waals surface area contributed by atoms with Crippen LogP contribution in [0.4, 0.5) is 0 Å². The molecule has 0 bridgehead atoms. The first-order valence-electron chi connectivity index (χ1n) is 6.52. The Morgan fingerprint density at radius 1 is 1.21 bits per heavy atom. The molecule has 2 aromatic heterocycles. The van der Waals surface area contributed by atoms with Crippen LogP contribution in [0.1, 0.15) is 22.8 Å². The molecule has 0 spiro atoms. The standard InChI is InChI=1S/C13H22N6/c1-9-12(10(2)18(4)17-9)6-11(14-3)7-13-15-8-16-19(13)5/h8,11,14H,6-7H2,1-5H3. The predicted molar refractivity (Wildman–Crippen MR) is 73.9 cm³/mol. The zero-order chi connectivity index (χ0) is 14.0. The van der Waals surface area contributed by atoms with E-state index in [1.54, 1.807) is 6.33 Å². The zero-order valence-electron chi connectivity index (χ0n) is 12.3. The van der Waals surface area contributed by atoms with Crippen LogP contribution in [0.15, 0.2) is 6.33 Å². The van der Waals surface area contributed by atoms with E-state index in [-0.39, 0.29) is 0 Å². The third-order valence-electron chi connectivity index (χ3n) is 3.75. The second-order valence-electron chi connectivity index (χ2n) is 4.97. The number of nitrogens with zero attached hydrogens (tertiary/aromatic N) is 5. The summed E-state index contributed by atoms with van der Waals surface area (Å²) in [6.45, 7) is 4.18. The van der Waals surface area contributed by atoms with Crippen molar-refractivity contribution in [1.29, 1.82) is 0 Å². The van der Waals surface area contributed by atoms with Gasteiger partial charge in [0.25, 0.3) is 0 Å². The van der Waals surface area contributed by atoms with Crippen LogP contribution in [-0.2, 0) is 26.9 Å². The maximum atomic E-state index is 4.47. The average molecular weight is 262 g/mol. The van der Waals surface area contributed by atoms with E-state index in [9.17, 15) is 0 Å². The van der Waals surface area contributed by atoms with Gasteiger partial charge in [0.15, 0.2) is 0 Å². The minimum absolute atomic E-state index is 0.338. The average Bonchev–Trinajstić information content (AvgIpc) is 2.87. The van der Waals surface area contributed by atoms with Gasteiger partial charge in [0.1, 0.15) is 12.2 Å². The van der Waals surface area contributed by atoms with E-state index in [4.69, 9.17) is 0 Å². The lowest BCUT2D eigenvalue weighted by Gasteiger charge is -2.16. The SMILES string of the molecule is CNC(Cc1c(C)nn(C)c1C)Cc1ncnn1C. The maximum absolute atomic E-state index is 4.47. The molecule has 2 heterocycles. The highest BCUT2D eigenvalue weighted by atomic mass is 15.3. The first-order valence-corrected chi connectivity index (χ1v) is 6.52. The Hall–Kier alpha value is -1.69. The van der Waals surface area contributed by atoms with Gasteiger partial charge in [-0.2, -0.15) is 10.2 Å². The summed E-state index contributed by atoms with van der Waals surface area (Å²) < 4.78 is 3.77. The minimum atomic E-state index is 0.338. The lowest BCUT2D eigenvalue weighted by Crippen LogP contribution is -2.31. The highest BCUT2D eigenvalue weighted by molar-refractivity contribution is 5.25. The molecular weight excluding hydrogens is 240 g/mol. The molecule has 0 amide bonds. The van der Waals surface area contributed by atoms with Gasteiger partial charge in [-0.1, -0.05) is 0 Å². The molecule has 0 saturated heterocycles. The van der Waals surface area contributed by atoms with E-state index in [0.29, 0.717) is 6.04 Å². The number of hydrogen-bond donors (Lipinski definition) is 1. The number of likely N-dealkylation sites (N-methyl/N-ethyl adjacent to an activating group) is 1. The van der Waals surface area contributed by atoms with Crippen molar-refractivity contribution < 1.29 is 0 Å². The van der Waals surface area contributed by atoms with E-state index in [1.807, 2.05) is 30.5 Å². The normalized spacial score (nSPS) is 12.9. The van der Waals surface area contributed by atoms with Crippen molar-refractivity contribution in [1.82, 2.24) is 29.9 Å². The van der Waals surface area contributed by atoms with Crippen LogP contribution in [0.2, 0.25) is 0 Å². The topological polar surface area (TPSA) is 60.6 Å². The molecule has 2 rings (SSSR count). The largest absolute Gasteiger partial charge is 0.316 e. The van der Waals surface area contributed by atoms with Crippen molar-refractivity contribution in [2.75, 3.05) is 7.05 Å². The monoisotopic (exact) mass is 262 g/mol. The molecule has 0 saturated carbocycles. The molecule has 1 unspecified atom stereocenters. The maximum Gasteiger partial charge on any atom is 0.138 e. The first-order chi connectivity index (χ1) is 9.02. The van der Waals surface area contributed by atoms with Gasteiger partial charge >= 0.3 is 0 Å². The second kappa shape index (κ2) is 5.52. The number of nitrogens with one attached hydrogen (secondary N) is 1. The van der Waals surface area contributed by atoms with Crippen LogP contribution in [0, 0.1) is 13.8 Å². The molecule has 1 atom stereocenters. The third-order valence-corrected chi connectivity index (χ3v) is 3.75. The Balaban J connectivity index is 2.13. The molecule has 6 nitrogen and oxygen atoms in total. The summed E-state index contributed by atoms with van der Waals surface area (Å²) in [5.74, 6) is 0.999. The van der Waals surface area contributed by atoms with E-state index in [2.05, 4.69) is 34.3 Å². The lowest BCUT2D eigenvalue weighted by molar-refractivity contribution is 0.525. The van der Waals surface area contributed by atoms with Crippen LogP contribution >= 0.6 is 0 Å². The molecule has 0 aliphatic carbocycles. The summed E-state index contributed by atoms with van der Waals surface area (Å²) in [6.07, 6.45) is 3.41. The summed E-state index contributed by atoms with van der Waals surface area (Å²) in [7, 11) is 5.90. The van der Waals surface area contributed by atoms with E-state index in [0.717, 1.165) is 24.4 Å². The second-order valence-corrected chi connectivity index (χ2v) is 4.97. The van der Waals surface area contributed by atoms with Gasteiger partial charge in [0, 0.05) is 32.3 Å². The van der Waals surface area contributed by atoms with E-state index < -0.39 is 0 Å². The zero-order valence-corrected chi connectivity index (χ0v) is 12.3. The smallest absolute Gasteiger partial charge is 0.138 e. The van der Waals surface area contributed by atoms with E-state index >= 15 is 0 Å². The lowest BCUT2D eigenvalue weighted by atomic mass is 10.0. The van der Waals surface area contributed by atoms with Gasteiger partial charge < -0.3 is 5.32 Å². The van der Waals surface area contributed by atoms with Gasteiger partial charge in [0.05, 0.1) is 5.69 Å². The molecule has 0 radical (unpaired) electrons. The van der Waals surface area contributed by atoms with E-state index in [1.165, 1.54) is 11.3 Å². The van der Waals surface area contributed by atoms with Crippen molar-refractivity contribution in [3.05, 3.63) is 29.1 Å². The number of hydrogen-bond acceptors (Lipinski definition) is 4. The number of aryl methyl sites for hydroxylation is 3. The van der Waals surface area contributed by atoms with Gasteiger partial charge in [0.2, 0.25) is 0 Å². The van der Waals surface area contributed by atoms with Crippen LogP contribution in [0.3, 0.4) is 0 Å². The Kier molecular flexibility index (Phi) is 3.99. The molecule has 0 aliphatic heterocycles. The van der Waals surface area contributed by atoms with Gasteiger partial charge in [-0.05, 0) is 32.9 Å². The molecule has 6 heteroatoms. The summed E-state index contributed by atoms with van der Waals surface area (Å²) in [4.78, 5) is 4.29. The Labute approximate surface area is 113 Å². The van der Waals surface area contributed by atoms with Gasteiger partial charge in [-0.15, -0.1) is 0 Å². The summed E-state index contributed by atoms with van der Waals surface area (Å²) >= 11 is 0. The van der Waals surface area contributed by atoms with Crippen molar-refractivity contribution >= 4 is 0 Å². The fraction of sp³-hybridized carbons (Fsp3) is 0.615. The molecule has 0 fully saturated rings. The summed E-state index contributed by atoms with van der Waals surface area (Å²) in [5.41, 5.74) is 3.66. The molecule has 0 aliphatic rings. The summed E-state index contributed by atoms with van der Waals surface area (Å²) in [5, 5.41) is 11.9. The highest BCUT2D eigenvalue weighted by Crippen LogP contribution is 2.15. The third kappa shape index (κ3) is 2.84. The summed E-state index contributed by atoms with van der Waals surface area (Å²) in [6, 6.07) is 0.338. The fourth-order valence-electron chi connectivity index (χ4n) is 2.36. The minimum Gasteiger partial charge on any atom is -0.316 e. The van der Waals surface area contributed by atoms with Gasteiger partial charge in [-0.25, -0.2) is 4.98 Å². The van der Waals surface area contributed by atoms with Crippen molar-refractivity contribution in [3.63, 3.8) is 0 Å². The quantitative estimate of drug-likeness (QED) is 0.854. The molecule has 0 aromatic carbocycles. The first kappa shape index (κ1) is 13.7. The molecule has 1 N–H and O–H groups in total. The number of aromatic nitrogens is 5. The van der Waals surface area contributed by atoms with Crippen LogP contribution in [0.25, 0.3) is 0 Å². The Bertz CT molecular complexity index is 553. The van der Waals surface area contributed by atoms with Crippen LogP contribution < -0.4 is 5.32 Å². The van der Waals surface area contributed by atoms with Crippen molar-refractivity contribution in [2.45, 2.75) is 32.7 Å². The van der Waals surface area contributed by atoms with Crippen LogP contribution in [0.5, 0.6) is 0 Å². The fourth-order valence-corrected chi connectivity index (χ4v) is 2.36.